The van der Waals surface area contributed by atoms with E-state index in [1.54, 1.807) is 18.2 Å². The summed E-state index contributed by atoms with van der Waals surface area (Å²) in [5.41, 5.74) is 6.23. The van der Waals surface area contributed by atoms with E-state index in [0.29, 0.717) is 5.39 Å². The fourth-order valence-corrected chi connectivity index (χ4v) is 3.33. The highest BCUT2D eigenvalue weighted by Crippen LogP contribution is 2.38. The van der Waals surface area contributed by atoms with Gasteiger partial charge < -0.3 is 10.5 Å². The summed E-state index contributed by atoms with van der Waals surface area (Å²) < 4.78 is 38.1. The van der Waals surface area contributed by atoms with E-state index >= 15 is 0 Å². The predicted octanol–water partition coefficient (Wildman–Crippen LogP) is 4.00. The van der Waals surface area contributed by atoms with Crippen molar-refractivity contribution in [2.45, 2.75) is 4.90 Å². The molecule has 10 nitrogen and oxygen atoms in total. The van der Waals surface area contributed by atoms with Crippen molar-refractivity contribution in [2.24, 2.45) is 10.2 Å². The van der Waals surface area contributed by atoms with Crippen molar-refractivity contribution in [1.29, 1.82) is 0 Å². The highest BCUT2D eigenvalue weighted by molar-refractivity contribution is 7.86. The number of nitrogens with two attached hydrogens (primary N) is 1. The fourth-order valence-electron chi connectivity index (χ4n) is 2.62. The minimum absolute atomic E-state index is 0.00623. The van der Waals surface area contributed by atoms with Gasteiger partial charge in [0.1, 0.15) is 16.3 Å². The molecule has 0 atom stereocenters. The van der Waals surface area contributed by atoms with Crippen LogP contribution < -0.4 is 10.5 Å². The maximum absolute atomic E-state index is 11.7. The van der Waals surface area contributed by atoms with E-state index in [0.717, 1.165) is 6.07 Å². The van der Waals surface area contributed by atoms with Gasteiger partial charge in [0.15, 0.2) is 5.75 Å². The number of fused-ring (bicyclic) bond motifs is 1. The number of hydrogen-bond acceptors (Lipinski definition) is 8. The molecule has 11 heteroatoms. The summed E-state index contributed by atoms with van der Waals surface area (Å²) in [5.74, 6) is 0.104. The van der Waals surface area contributed by atoms with Crippen molar-refractivity contribution in [3.8, 4) is 5.75 Å². The number of nitro benzene ring substituents is 1. The van der Waals surface area contributed by atoms with Gasteiger partial charge >= 0.3 is 0 Å². The van der Waals surface area contributed by atoms with E-state index in [9.17, 15) is 23.1 Å². The lowest BCUT2D eigenvalue weighted by molar-refractivity contribution is -0.384. The van der Waals surface area contributed by atoms with Crippen LogP contribution in [0.4, 0.5) is 22.7 Å². The largest absolute Gasteiger partial charge is 0.494 e. The molecule has 0 heterocycles. The van der Waals surface area contributed by atoms with Crippen molar-refractivity contribution in [3.05, 3.63) is 58.6 Å². The zero-order valence-corrected chi connectivity index (χ0v) is 15.3. The number of hydrogen-bond donors (Lipinski definition) is 2. The summed E-state index contributed by atoms with van der Waals surface area (Å²) in [4.78, 5) is 9.92. The van der Waals surface area contributed by atoms with Crippen molar-refractivity contribution in [3.63, 3.8) is 0 Å². The van der Waals surface area contributed by atoms with Gasteiger partial charge in [-0.15, -0.1) is 10.2 Å². The molecule has 0 saturated heterocycles. The maximum atomic E-state index is 11.7. The van der Waals surface area contributed by atoms with Gasteiger partial charge in [0, 0.05) is 16.8 Å². The molecule has 3 aromatic carbocycles. The molecule has 0 fully saturated rings. The van der Waals surface area contributed by atoms with Gasteiger partial charge in [-0.25, -0.2) is 0 Å². The second kappa shape index (κ2) is 7.21. The van der Waals surface area contributed by atoms with E-state index in [-0.39, 0.29) is 38.8 Å². The first-order valence-electron chi connectivity index (χ1n) is 7.75. The van der Waals surface area contributed by atoms with Gasteiger partial charge in [-0.2, -0.15) is 8.42 Å². The quantitative estimate of drug-likeness (QED) is 0.214. The number of nitrogens with zero attached hydrogens (tertiary/aromatic N) is 3. The first kappa shape index (κ1) is 19.2. The summed E-state index contributed by atoms with van der Waals surface area (Å²) in [6.07, 6.45) is 0. The molecule has 28 heavy (non-hydrogen) atoms. The molecule has 0 saturated carbocycles. The van der Waals surface area contributed by atoms with Crippen molar-refractivity contribution >= 4 is 43.6 Å². The molecule has 0 aromatic heterocycles. The minimum Gasteiger partial charge on any atom is -0.494 e. The Morgan fingerprint density at radius 2 is 1.71 bits per heavy atom. The van der Waals surface area contributed by atoms with Crippen molar-refractivity contribution < 1.29 is 22.6 Å². The number of ether oxygens (including phenoxy) is 1. The monoisotopic (exact) mass is 402 g/mol. The smallest absolute Gasteiger partial charge is 0.295 e. The molecule has 0 amide bonds. The van der Waals surface area contributed by atoms with E-state index in [4.69, 9.17) is 10.5 Å². The third kappa shape index (κ3) is 3.61. The van der Waals surface area contributed by atoms with Crippen LogP contribution in [0.25, 0.3) is 10.8 Å². The molecule has 3 N–H and O–H groups in total. The van der Waals surface area contributed by atoms with Gasteiger partial charge in [-0.3, -0.25) is 14.7 Å². The molecule has 0 unspecified atom stereocenters. The minimum atomic E-state index is -4.54. The van der Waals surface area contributed by atoms with Crippen molar-refractivity contribution in [1.82, 2.24) is 0 Å². The van der Waals surface area contributed by atoms with E-state index in [1.807, 2.05) is 0 Å². The first-order valence-corrected chi connectivity index (χ1v) is 9.19. The number of methoxy groups -OCH3 is 1. The third-order valence-corrected chi connectivity index (χ3v) is 4.84. The second-order valence-electron chi connectivity index (χ2n) is 5.64. The Hall–Kier alpha value is -3.57. The zero-order chi connectivity index (χ0) is 20.5. The third-order valence-electron chi connectivity index (χ3n) is 3.94. The van der Waals surface area contributed by atoms with Crippen LogP contribution in [0.2, 0.25) is 0 Å². The molecule has 3 aromatic rings. The summed E-state index contributed by atoms with van der Waals surface area (Å²) in [5, 5.41) is 19.4. The molecule has 0 bridgehead atoms. The Morgan fingerprint density at radius 3 is 2.32 bits per heavy atom. The van der Waals surface area contributed by atoms with Crippen LogP contribution in [0.1, 0.15) is 0 Å². The van der Waals surface area contributed by atoms with Crippen molar-refractivity contribution in [2.75, 3.05) is 12.8 Å². The number of benzene rings is 3. The fraction of sp³-hybridized carbons (Fsp3) is 0.0588. The van der Waals surface area contributed by atoms with Gasteiger partial charge in [0.05, 0.1) is 23.8 Å². The number of nitrogen functional groups attached to an aromatic ring is 1. The van der Waals surface area contributed by atoms with Crippen LogP contribution in [-0.4, -0.2) is 25.0 Å². The number of non-ortho nitro benzene ring substituents is 1. The average Bonchev–Trinajstić information content (AvgIpc) is 2.66. The molecule has 0 aliphatic rings. The second-order valence-corrected chi connectivity index (χ2v) is 7.03. The molecule has 144 valence electrons. The van der Waals surface area contributed by atoms with E-state index in [2.05, 4.69) is 10.2 Å². The summed E-state index contributed by atoms with van der Waals surface area (Å²) in [6.45, 7) is 0. The Labute approximate surface area is 159 Å². The lowest BCUT2D eigenvalue weighted by atomic mass is 10.1. The number of anilines is 1. The van der Waals surface area contributed by atoms with Crippen LogP contribution in [-0.2, 0) is 10.1 Å². The normalized spacial score (nSPS) is 11.8. The average molecular weight is 402 g/mol. The van der Waals surface area contributed by atoms with Crippen LogP contribution in [0.3, 0.4) is 0 Å². The van der Waals surface area contributed by atoms with Crippen LogP contribution in [0, 0.1) is 10.1 Å². The van der Waals surface area contributed by atoms with Crippen LogP contribution in [0.15, 0.2) is 63.7 Å². The van der Waals surface area contributed by atoms with Gasteiger partial charge in [-0.1, -0.05) is 24.3 Å². The maximum Gasteiger partial charge on any atom is 0.295 e. The highest BCUT2D eigenvalue weighted by atomic mass is 32.2. The summed E-state index contributed by atoms with van der Waals surface area (Å²) >= 11 is 0. The van der Waals surface area contributed by atoms with Gasteiger partial charge in [-0.05, 0) is 12.1 Å². The lowest BCUT2D eigenvalue weighted by Gasteiger charge is -2.09. The Morgan fingerprint density at radius 1 is 1.07 bits per heavy atom. The predicted molar refractivity (Wildman–Crippen MR) is 102 cm³/mol. The summed E-state index contributed by atoms with van der Waals surface area (Å²) in [7, 11) is -3.22. The molecular formula is C17H14N4O6S. The van der Waals surface area contributed by atoms with Crippen LogP contribution in [0.5, 0.6) is 5.75 Å². The topological polar surface area (TPSA) is 157 Å². The standard InChI is InChI=1S/C17H14N4O6S/c1-27-15-8-10(21(22)23)6-7-13(15)19-20-14-9-16(28(24,25)26)11-4-2-3-5-12(11)17(14)18/h2-9H,18H2,1H3,(H,24,25,26). The number of nitro groups is 1. The Bertz CT molecular complexity index is 1220. The lowest BCUT2D eigenvalue weighted by Crippen LogP contribution is -2.01. The zero-order valence-electron chi connectivity index (χ0n) is 14.4. The number of azo groups is 1. The highest BCUT2D eigenvalue weighted by Gasteiger charge is 2.18. The Balaban J connectivity index is 2.15. The molecule has 0 radical (unpaired) electrons. The van der Waals surface area contributed by atoms with E-state index in [1.165, 1.54) is 31.4 Å². The molecule has 0 aliphatic heterocycles. The van der Waals surface area contributed by atoms with E-state index < -0.39 is 15.0 Å². The molecular weight excluding hydrogens is 388 g/mol. The van der Waals surface area contributed by atoms with Gasteiger partial charge in [0.25, 0.3) is 15.8 Å². The van der Waals surface area contributed by atoms with Gasteiger partial charge in [0.2, 0.25) is 0 Å². The number of rotatable bonds is 5. The van der Waals surface area contributed by atoms with Crippen LogP contribution >= 0.6 is 0 Å². The molecule has 0 aliphatic carbocycles. The summed E-state index contributed by atoms with van der Waals surface area (Å²) in [6, 6.07) is 11.2. The molecule has 0 spiro atoms. The first-order chi connectivity index (χ1) is 13.2. The molecule has 3 rings (SSSR count). The Kier molecular flexibility index (Phi) is 4.94. The SMILES string of the molecule is COc1cc([N+](=O)[O-])ccc1N=Nc1cc(S(=O)(=O)O)c2ccccc2c1N.